The highest BCUT2D eigenvalue weighted by Crippen LogP contribution is 2.06. The molecule has 3 N–H and O–H groups in total. The van der Waals surface area contributed by atoms with E-state index in [1.54, 1.807) is 31.8 Å². The lowest BCUT2D eigenvalue weighted by atomic mass is 10.2. The number of aliphatic carboxylic acids is 1. The number of urea groups is 1. The van der Waals surface area contributed by atoms with Crippen LogP contribution in [-0.2, 0) is 11.8 Å². The second kappa shape index (κ2) is 5.99. The Morgan fingerprint density at radius 3 is 2.61 bits per heavy atom. The highest BCUT2D eigenvalue weighted by atomic mass is 16.4. The fourth-order valence-electron chi connectivity index (χ4n) is 1.52. The van der Waals surface area contributed by atoms with Crippen molar-refractivity contribution in [3.05, 3.63) is 12.2 Å². The van der Waals surface area contributed by atoms with E-state index in [4.69, 9.17) is 5.11 Å². The van der Waals surface area contributed by atoms with Crippen molar-refractivity contribution in [1.82, 2.24) is 25.4 Å². The van der Waals surface area contributed by atoms with Crippen LogP contribution in [0.1, 0.15) is 32.1 Å². The highest BCUT2D eigenvalue weighted by Gasteiger charge is 2.16. The number of carboxylic acids is 1. The highest BCUT2D eigenvalue weighted by molar-refractivity contribution is 5.75. The Morgan fingerprint density at radius 1 is 1.44 bits per heavy atom. The van der Waals surface area contributed by atoms with E-state index in [2.05, 4.69) is 20.8 Å². The molecule has 1 rings (SSSR count). The van der Waals surface area contributed by atoms with Crippen LogP contribution in [0.4, 0.5) is 4.79 Å². The average molecular weight is 255 g/mol. The van der Waals surface area contributed by atoms with Gasteiger partial charge < -0.3 is 20.3 Å². The average Bonchev–Trinajstić information content (AvgIpc) is 2.62. The van der Waals surface area contributed by atoms with Crippen molar-refractivity contribution in [1.29, 1.82) is 0 Å². The zero-order valence-electron chi connectivity index (χ0n) is 10.5. The Labute approximate surface area is 104 Å². The molecule has 0 aliphatic rings. The molecule has 0 aromatic carbocycles. The molecule has 0 radical (unpaired) electrons. The van der Waals surface area contributed by atoms with Crippen molar-refractivity contribution in [3.63, 3.8) is 0 Å². The second-order valence-electron chi connectivity index (χ2n) is 4.14. The van der Waals surface area contributed by atoms with Gasteiger partial charge in [-0.05, 0) is 13.8 Å². The minimum Gasteiger partial charge on any atom is -0.481 e. The number of carbonyl (C=O) groups is 2. The standard InChI is InChI=1S/C10H17N5O3/c1-6(4-8(16)17)12-10(18)13-7(2)9-14-11-5-15(9)3/h5-7H,4H2,1-3H3,(H,16,17)(H2,12,13,18). The summed E-state index contributed by atoms with van der Waals surface area (Å²) >= 11 is 0. The topological polar surface area (TPSA) is 109 Å². The van der Waals surface area contributed by atoms with Gasteiger partial charge in [0.05, 0.1) is 12.5 Å². The van der Waals surface area contributed by atoms with Crippen molar-refractivity contribution in [3.8, 4) is 0 Å². The largest absolute Gasteiger partial charge is 0.481 e. The number of carbonyl (C=O) groups excluding carboxylic acids is 1. The fourth-order valence-corrected chi connectivity index (χ4v) is 1.52. The van der Waals surface area contributed by atoms with Crippen LogP contribution in [-0.4, -0.2) is 37.9 Å². The molecule has 0 bridgehead atoms. The molecular weight excluding hydrogens is 238 g/mol. The van der Waals surface area contributed by atoms with Crippen LogP contribution >= 0.6 is 0 Å². The van der Waals surface area contributed by atoms with Gasteiger partial charge in [0.1, 0.15) is 6.33 Å². The number of nitrogens with one attached hydrogen (secondary N) is 2. The maximum atomic E-state index is 11.6. The molecule has 18 heavy (non-hydrogen) atoms. The Morgan fingerprint density at radius 2 is 2.11 bits per heavy atom. The molecule has 2 amide bonds. The number of hydrogen-bond acceptors (Lipinski definition) is 4. The third kappa shape index (κ3) is 4.04. The molecule has 1 aromatic rings. The van der Waals surface area contributed by atoms with Gasteiger partial charge in [0.25, 0.3) is 0 Å². The number of hydrogen-bond donors (Lipinski definition) is 3. The van der Waals surface area contributed by atoms with Gasteiger partial charge in [-0.1, -0.05) is 0 Å². The molecule has 0 saturated carbocycles. The third-order valence-corrected chi connectivity index (χ3v) is 2.34. The molecule has 2 unspecified atom stereocenters. The van der Waals surface area contributed by atoms with E-state index < -0.39 is 18.0 Å². The third-order valence-electron chi connectivity index (χ3n) is 2.34. The first-order valence-electron chi connectivity index (χ1n) is 5.53. The van der Waals surface area contributed by atoms with E-state index in [0.717, 1.165) is 0 Å². The first-order chi connectivity index (χ1) is 8.40. The van der Waals surface area contributed by atoms with Crippen molar-refractivity contribution < 1.29 is 14.7 Å². The number of aromatic nitrogens is 3. The molecule has 0 saturated heterocycles. The normalized spacial score (nSPS) is 13.7. The number of nitrogens with zero attached hydrogens (tertiary/aromatic N) is 3. The van der Waals surface area contributed by atoms with Gasteiger partial charge in [-0.2, -0.15) is 0 Å². The van der Waals surface area contributed by atoms with Gasteiger partial charge in [-0.15, -0.1) is 10.2 Å². The van der Waals surface area contributed by atoms with Crippen LogP contribution < -0.4 is 10.6 Å². The van der Waals surface area contributed by atoms with Gasteiger partial charge in [0.15, 0.2) is 5.82 Å². The molecule has 8 nitrogen and oxygen atoms in total. The van der Waals surface area contributed by atoms with Crippen molar-refractivity contribution in [2.24, 2.45) is 7.05 Å². The minimum absolute atomic E-state index is 0.119. The SMILES string of the molecule is CC(CC(=O)O)NC(=O)NC(C)c1nncn1C. The molecule has 0 aliphatic carbocycles. The van der Waals surface area contributed by atoms with Crippen molar-refractivity contribution in [2.45, 2.75) is 32.4 Å². The summed E-state index contributed by atoms with van der Waals surface area (Å²) in [4.78, 5) is 22.0. The fraction of sp³-hybridized carbons (Fsp3) is 0.600. The summed E-state index contributed by atoms with van der Waals surface area (Å²) in [5.41, 5.74) is 0. The van der Waals surface area contributed by atoms with E-state index in [1.807, 2.05) is 0 Å². The van der Waals surface area contributed by atoms with Crippen molar-refractivity contribution >= 4 is 12.0 Å². The lowest BCUT2D eigenvalue weighted by Crippen LogP contribution is -2.42. The van der Waals surface area contributed by atoms with Crippen LogP contribution in [0.15, 0.2) is 6.33 Å². The van der Waals surface area contributed by atoms with Gasteiger partial charge in [0.2, 0.25) is 0 Å². The summed E-state index contributed by atoms with van der Waals surface area (Å²) in [6.45, 7) is 3.39. The zero-order valence-corrected chi connectivity index (χ0v) is 10.5. The van der Waals surface area contributed by atoms with E-state index in [-0.39, 0.29) is 12.5 Å². The second-order valence-corrected chi connectivity index (χ2v) is 4.14. The summed E-state index contributed by atoms with van der Waals surface area (Å²) < 4.78 is 1.70. The molecule has 1 heterocycles. The first kappa shape index (κ1) is 13.9. The number of amides is 2. The number of carboxylic acid groups (broad SMARTS) is 1. The van der Waals surface area contributed by atoms with Crippen LogP contribution in [0, 0.1) is 0 Å². The van der Waals surface area contributed by atoms with Gasteiger partial charge in [-0.25, -0.2) is 4.79 Å². The van der Waals surface area contributed by atoms with E-state index in [1.165, 1.54) is 0 Å². The van der Waals surface area contributed by atoms with Gasteiger partial charge in [-0.3, -0.25) is 4.79 Å². The van der Waals surface area contributed by atoms with Crippen LogP contribution in [0.2, 0.25) is 0 Å². The molecule has 0 fully saturated rings. The maximum Gasteiger partial charge on any atom is 0.315 e. The van der Waals surface area contributed by atoms with Gasteiger partial charge in [0, 0.05) is 13.1 Å². The van der Waals surface area contributed by atoms with Crippen LogP contribution in [0.25, 0.3) is 0 Å². The maximum absolute atomic E-state index is 11.6. The monoisotopic (exact) mass is 255 g/mol. The zero-order chi connectivity index (χ0) is 13.7. The Kier molecular flexibility index (Phi) is 4.64. The van der Waals surface area contributed by atoms with E-state index >= 15 is 0 Å². The number of aryl methyl sites for hydroxylation is 1. The molecule has 2 atom stereocenters. The summed E-state index contributed by atoms with van der Waals surface area (Å²) in [5, 5.41) is 21.4. The predicted molar refractivity (Wildman–Crippen MR) is 62.8 cm³/mol. The van der Waals surface area contributed by atoms with E-state index in [9.17, 15) is 9.59 Å². The molecular formula is C10H17N5O3. The molecule has 0 spiro atoms. The molecule has 0 aliphatic heterocycles. The predicted octanol–water partition coefficient (Wildman–Crippen LogP) is 0.0385. The molecule has 1 aromatic heterocycles. The minimum atomic E-state index is -0.954. The quantitative estimate of drug-likeness (QED) is 0.688. The summed E-state index contributed by atoms with van der Waals surface area (Å²) in [5.74, 6) is -0.333. The summed E-state index contributed by atoms with van der Waals surface area (Å²) in [6, 6.07) is -1.18. The van der Waals surface area contributed by atoms with Gasteiger partial charge >= 0.3 is 12.0 Å². The Hall–Kier alpha value is -2.12. The Bertz CT molecular complexity index is 431. The number of rotatable bonds is 5. The summed E-state index contributed by atoms with van der Waals surface area (Å²) in [7, 11) is 1.78. The van der Waals surface area contributed by atoms with E-state index in [0.29, 0.717) is 5.82 Å². The molecule has 100 valence electrons. The first-order valence-corrected chi connectivity index (χ1v) is 5.53. The van der Waals surface area contributed by atoms with Crippen LogP contribution in [0.5, 0.6) is 0 Å². The smallest absolute Gasteiger partial charge is 0.315 e. The molecule has 8 heteroatoms. The van der Waals surface area contributed by atoms with Crippen molar-refractivity contribution in [2.75, 3.05) is 0 Å². The Balaban J connectivity index is 2.45. The summed E-state index contributed by atoms with van der Waals surface area (Å²) in [6.07, 6.45) is 1.42. The van der Waals surface area contributed by atoms with Crippen LogP contribution in [0.3, 0.4) is 0 Å². The lowest BCUT2D eigenvalue weighted by molar-refractivity contribution is -0.137. The lowest BCUT2D eigenvalue weighted by Gasteiger charge is -2.16.